The first kappa shape index (κ1) is 16.3. The van der Waals surface area contributed by atoms with Gasteiger partial charge in [-0.1, -0.05) is 36.2 Å². The third-order valence-corrected chi connectivity index (χ3v) is 4.90. The van der Waals surface area contributed by atoms with Crippen LogP contribution in [0.2, 0.25) is 10.0 Å². The Morgan fingerprint density at radius 3 is 2.61 bits per heavy atom. The van der Waals surface area contributed by atoms with E-state index in [4.69, 9.17) is 23.2 Å². The van der Waals surface area contributed by atoms with Crippen LogP contribution >= 0.6 is 39.1 Å². The summed E-state index contributed by atoms with van der Waals surface area (Å²) in [6, 6.07) is 8.58. The number of imidazole rings is 1. The zero-order valence-corrected chi connectivity index (χ0v) is 15.2. The van der Waals surface area contributed by atoms with Gasteiger partial charge in [-0.3, -0.25) is 9.20 Å². The molecule has 0 aliphatic heterocycles. The molecule has 0 saturated carbocycles. The monoisotopic (exact) mass is 411 g/mol. The number of fused-ring (bicyclic) bond motifs is 1. The van der Waals surface area contributed by atoms with E-state index in [9.17, 15) is 4.79 Å². The van der Waals surface area contributed by atoms with E-state index in [1.54, 1.807) is 24.3 Å². The number of amides is 1. The topological polar surface area (TPSA) is 46.4 Å². The normalized spacial score (nSPS) is 11.0. The standard InChI is InChI=1S/C16H12BrCl2N3O/c1-2-11-14(17)22-8-4-7-12(15(22)20-11)21-16(23)13-9(18)5-3-6-10(13)19/h3-8H,2H2,1H3,(H,21,23). The molecule has 0 aliphatic rings. The molecule has 0 radical (unpaired) electrons. The quantitative estimate of drug-likeness (QED) is 0.641. The van der Waals surface area contributed by atoms with Crippen molar-refractivity contribution in [1.82, 2.24) is 9.38 Å². The fourth-order valence-corrected chi connectivity index (χ4v) is 3.53. The highest BCUT2D eigenvalue weighted by Crippen LogP contribution is 2.28. The minimum absolute atomic E-state index is 0.249. The first-order valence-corrected chi connectivity index (χ1v) is 8.48. The molecule has 118 valence electrons. The highest BCUT2D eigenvalue weighted by Gasteiger charge is 2.17. The van der Waals surface area contributed by atoms with Crippen molar-refractivity contribution < 1.29 is 4.79 Å². The third kappa shape index (κ3) is 2.96. The number of nitrogens with zero attached hydrogens (tertiary/aromatic N) is 2. The maximum absolute atomic E-state index is 12.5. The lowest BCUT2D eigenvalue weighted by molar-refractivity contribution is 0.102. The van der Waals surface area contributed by atoms with E-state index in [1.807, 2.05) is 23.6 Å². The van der Waals surface area contributed by atoms with Crippen molar-refractivity contribution in [2.75, 3.05) is 5.32 Å². The minimum atomic E-state index is -0.370. The molecule has 0 bridgehead atoms. The molecule has 1 aromatic carbocycles. The van der Waals surface area contributed by atoms with E-state index in [0.29, 0.717) is 21.4 Å². The molecule has 3 aromatic rings. The number of benzene rings is 1. The van der Waals surface area contributed by atoms with Gasteiger partial charge in [0, 0.05) is 6.20 Å². The average molecular weight is 413 g/mol. The number of rotatable bonds is 3. The van der Waals surface area contributed by atoms with E-state index in [1.165, 1.54) is 0 Å². The Morgan fingerprint density at radius 1 is 1.26 bits per heavy atom. The number of hydrogen-bond acceptors (Lipinski definition) is 2. The van der Waals surface area contributed by atoms with Gasteiger partial charge < -0.3 is 5.32 Å². The van der Waals surface area contributed by atoms with E-state index >= 15 is 0 Å². The molecule has 0 atom stereocenters. The molecule has 0 saturated heterocycles. The Labute approximate surface area is 151 Å². The van der Waals surface area contributed by atoms with Crippen molar-refractivity contribution in [3.8, 4) is 0 Å². The Hall–Kier alpha value is -1.56. The Bertz CT molecular complexity index is 887. The Kier molecular flexibility index (Phi) is 4.62. The van der Waals surface area contributed by atoms with Crippen LogP contribution in [0.1, 0.15) is 23.0 Å². The summed E-state index contributed by atoms with van der Waals surface area (Å²) in [5.41, 5.74) is 2.42. The lowest BCUT2D eigenvalue weighted by Gasteiger charge is -2.09. The maximum atomic E-state index is 12.5. The van der Waals surface area contributed by atoms with Crippen LogP contribution in [0.5, 0.6) is 0 Å². The van der Waals surface area contributed by atoms with Gasteiger partial charge in [0.1, 0.15) is 4.60 Å². The number of aromatic nitrogens is 2. The van der Waals surface area contributed by atoms with Crippen LogP contribution in [0.25, 0.3) is 5.65 Å². The Balaban J connectivity index is 2.03. The molecule has 2 aromatic heterocycles. The van der Waals surface area contributed by atoms with Crippen molar-refractivity contribution in [3.05, 3.63) is 62.4 Å². The lowest BCUT2D eigenvalue weighted by atomic mass is 10.2. The first-order chi connectivity index (χ1) is 11.0. The van der Waals surface area contributed by atoms with E-state index < -0.39 is 0 Å². The summed E-state index contributed by atoms with van der Waals surface area (Å²) in [6.07, 6.45) is 2.66. The van der Waals surface area contributed by atoms with Crippen LogP contribution in [0.4, 0.5) is 5.69 Å². The Morgan fingerprint density at radius 2 is 1.96 bits per heavy atom. The average Bonchev–Trinajstić information content (AvgIpc) is 2.85. The maximum Gasteiger partial charge on any atom is 0.258 e. The zero-order valence-electron chi connectivity index (χ0n) is 12.1. The van der Waals surface area contributed by atoms with Crippen LogP contribution in [0, 0.1) is 0 Å². The van der Waals surface area contributed by atoms with E-state index in [2.05, 4.69) is 26.2 Å². The minimum Gasteiger partial charge on any atom is -0.319 e. The third-order valence-electron chi connectivity index (χ3n) is 3.43. The van der Waals surface area contributed by atoms with Crippen molar-refractivity contribution in [2.45, 2.75) is 13.3 Å². The second-order valence-corrected chi connectivity index (χ2v) is 6.43. The van der Waals surface area contributed by atoms with Crippen LogP contribution < -0.4 is 5.32 Å². The smallest absolute Gasteiger partial charge is 0.258 e. The molecule has 4 nitrogen and oxygen atoms in total. The highest BCUT2D eigenvalue weighted by molar-refractivity contribution is 9.10. The predicted molar refractivity (Wildman–Crippen MR) is 96.7 cm³/mol. The number of aryl methyl sites for hydroxylation is 1. The second kappa shape index (κ2) is 6.51. The summed E-state index contributed by atoms with van der Waals surface area (Å²) >= 11 is 15.7. The van der Waals surface area contributed by atoms with E-state index in [0.717, 1.165) is 16.7 Å². The molecular weight excluding hydrogens is 401 g/mol. The van der Waals surface area contributed by atoms with Gasteiger partial charge in [-0.15, -0.1) is 0 Å². The molecule has 1 N–H and O–H groups in total. The van der Waals surface area contributed by atoms with Crippen molar-refractivity contribution in [3.63, 3.8) is 0 Å². The molecule has 7 heteroatoms. The molecule has 2 heterocycles. The molecule has 0 aliphatic carbocycles. The summed E-state index contributed by atoms with van der Waals surface area (Å²) < 4.78 is 2.75. The van der Waals surface area contributed by atoms with Crippen LogP contribution in [0.15, 0.2) is 41.1 Å². The lowest BCUT2D eigenvalue weighted by Crippen LogP contribution is -2.14. The SMILES string of the molecule is CCc1nc2c(NC(=O)c3c(Cl)cccc3Cl)cccn2c1Br. The van der Waals surface area contributed by atoms with Gasteiger partial charge in [0.2, 0.25) is 0 Å². The number of carbonyl (C=O) groups is 1. The zero-order chi connectivity index (χ0) is 16.6. The van der Waals surface area contributed by atoms with Gasteiger partial charge in [-0.05, 0) is 46.6 Å². The van der Waals surface area contributed by atoms with Crippen LogP contribution in [0.3, 0.4) is 0 Å². The van der Waals surface area contributed by atoms with Gasteiger partial charge in [-0.2, -0.15) is 0 Å². The molecular formula is C16H12BrCl2N3O. The summed E-state index contributed by atoms with van der Waals surface area (Å²) in [6.45, 7) is 2.02. The molecule has 23 heavy (non-hydrogen) atoms. The van der Waals surface area contributed by atoms with Gasteiger partial charge >= 0.3 is 0 Å². The fourth-order valence-electron chi connectivity index (χ4n) is 2.31. The summed E-state index contributed by atoms with van der Waals surface area (Å²) in [5, 5.41) is 3.45. The molecule has 0 spiro atoms. The number of halogens is 3. The fraction of sp³-hybridized carbons (Fsp3) is 0.125. The summed E-state index contributed by atoms with van der Waals surface area (Å²) in [7, 11) is 0. The second-order valence-electron chi connectivity index (χ2n) is 4.87. The summed E-state index contributed by atoms with van der Waals surface area (Å²) in [5.74, 6) is -0.370. The number of pyridine rings is 1. The predicted octanol–water partition coefficient (Wildman–Crippen LogP) is 5.22. The van der Waals surface area contributed by atoms with Crippen LogP contribution in [-0.2, 0) is 6.42 Å². The summed E-state index contributed by atoms with van der Waals surface area (Å²) in [4.78, 5) is 17.1. The van der Waals surface area contributed by atoms with Crippen molar-refractivity contribution in [2.24, 2.45) is 0 Å². The number of nitrogens with one attached hydrogen (secondary N) is 1. The molecule has 0 fully saturated rings. The molecule has 3 rings (SSSR count). The van der Waals surface area contributed by atoms with Gasteiger partial charge in [0.25, 0.3) is 5.91 Å². The molecule has 0 unspecified atom stereocenters. The first-order valence-electron chi connectivity index (χ1n) is 6.93. The highest BCUT2D eigenvalue weighted by atomic mass is 79.9. The van der Waals surface area contributed by atoms with Gasteiger partial charge in [0.05, 0.1) is 27.0 Å². The van der Waals surface area contributed by atoms with Crippen molar-refractivity contribution >= 4 is 56.4 Å². The largest absolute Gasteiger partial charge is 0.319 e. The van der Waals surface area contributed by atoms with Gasteiger partial charge in [-0.25, -0.2) is 4.98 Å². The van der Waals surface area contributed by atoms with Crippen LogP contribution in [-0.4, -0.2) is 15.3 Å². The van der Waals surface area contributed by atoms with Gasteiger partial charge in [0.15, 0.2) is 5.65 Å². The van der Waals surface area contributed by atoms with Crippen molar-refractivity contribution in [1.29, 1.82) is 0 Å². The number of carbonyl (C=O) groups excluding carboxylic acids is 1. The molecule has 1 amide bonds. The van der Waals surface area contributed by atoms with E-state index in [-0.39, 0.29) is 11.5 Å². The number of hydrogen-bond donors (Lipinski definition) is 1. The number of anilines is 1.